The van der Waals surface area contributed by atoms with Crippen molar-refractivity contribution in [3.8, 4) is 0 Å². The van der Waals surface area contributed by atoms with Crippen molar-refractivity contribution in [2.24, 2.45) is 0 Å². The van der Waals surface area contributed by atoms with Gasteiger partial charge in [-0.1, -0.05) is 0 Å². The predicted octanol–water partition coefficient (Wildman–Crippen LogP) is 3.96. The van der Waals surface area contributed by atoms with Gasteiger partial charge in [-0.05, 0) is 25.1 Å². The normalized spacial score (nSPS) is 13.3. The Kier molecular flexibility index (Phi) is 6.75. The van der Waals surface area contributed by atoms with Crippen LogP contribution in [-0.2, 0) is 26.7 Å². The highest BCUT2D eigenvalue weighted by Crippen LogP contribution is 2.37. The first kappa shape index (κ1) is 21.1. The maximum atomic E-state index is 12.7. The summed E-state index contributed by atoms with van der Waals surface area (Å²) in [6, 6.07) is 0.771. The SMILES string of the molecule is COC(=O)C(C)SCC(=O)Nc1cc(C(F)(F)F)cc(C(F)(F)F)c1. The number of esters is 1. The molecule has 0 saturated heterocycles. The van der Waals surface area contributed by atoms with Gasteiger partial charge in [-0.3, -0.25) is 9.59 Å². The second-order valence-corrected chi connectivity index (χ2v) is 6.15. The molecule has 25 heavy (non-hydrogen) atoms. The number of benzene rings is 1. The van der Waals surface area contributed by atoms with Gasteiger partial charge in [0.25, 0.3) is 0 Å². The predicted molar refractivity (Wildman–Crippen MR) is 79.0 cm³/mol. The van der Waals surface area contributed by atoms with E-state index in [9.17, 15) is 35.9 Å². The van der Waals surface area contributed by atoms with E-state index in [-0.39, 0.29) is 11.8 Å². The molecule has 0 aliphatic carbocycles. The first-order chi connectivity index (χ1) is 11.3. The van der Waals surface area contributed by atoms with Gasteiger partial charge in [-0.15, -0.1) is 11.8 Å². The number of methoxy groups -OCH3 is 1. The quantitative estimate of drug-likeness (QED) is 0.612. The molecule has 0 bridgehead atoms. The number of anilines is 1. The molecule has 0 spiro atoms. The number of ether oxygens (including phenoxy) is 1. The fraction of sp³-hybridized carbons (Fsp3) is 0.429. The first-order valence-corrected chi connectivity index (χ1v) is 7.68. The summed E-state index contributed by atoms with van der Waals surface area (Å²) in [7, 11) is 1.14. The van der Waals surface area contributed by atoms with Crippen molar-refractivity contribution in [2.45, 2.75) is 24.5 Å². The molecule has 0 aliphatic heterocycles. The number of alkyl halides is 6. The van der Waals surface area contributed by atoms with Gasteiger partial charge in [0.1, 0.15) is 5.25 Å². The van der Waals surface area contributed by atoms with Crippen molar-refractivity contribution in [3.05, 3.63) is 29.3 Å². The Morgan fingerprint density at radius 2 is 1.56 bits per heavy atom. The number of amides is 1. The van der Waals surface area contributed by atoms with Gasteiger partial charge < -0.3 is 10.1 Å². The molecule has 0 heterocycles. The number of hydrogen-bond acceptors (Lipinski definition) is 4. The van der Waals surface area contributed by atoms with Crippen molar-refractivity contribution >= 4 is 29.3 Å². The molecule has 0 radical (unpaired) electrons. The van der Waals surface area contributed by atoms with Crippen LogP contribution in [-0.4, -0.2) is 30.0 Å². The zero-order chi connectivity index (χ0) is 19.4. The van der Waals surface area contributed by atoms with E-state index in [1.165, 1.54) is 6.92 Å². The van der Waals surface area contributed by atoms with Crippen LogP contribution in [0.2, 0.25) is 0 Å². The molecule has 0 aromatic heterocycles. The molecule has 1 rings (SSSR count). The minimum Gasteiger partial charge on any atom is -0.468 e. The van der Waals surface area contributed by atoms with Crippen LogP contribution in [0.3, 0.4) is 0 Å². The fourth-order valence-electron chi connectivity index (χ4n) is 1.66. The van der Waals surface area contributed by atoms with Crippen molar-refractivity contribution in [1.82, 2.24) is 0 Å². The molecule has 140 valence electrons. The third-order valence-electron chi connectivity index (χ3n) is 2.87. The van der Waals surface area contributed by atoms with Crippen LogP contribution in [0, 0.1) is 0 Å². The summed E-state index contributed by atoms with van der Waals surface area (Å²) in [6.07, 6.45) is -10.0. The van der Waals surface area contributed by atoms with E-state index in [1.807, 2.05) is 5.32 Å². The van der Waals surface area contributed by atoms with Crippen LogP contribution in [0.1, 0.15) is 18.1 Å². The molecule has 0 fully saturated rings. The van der Waals surface area contributed by atoms with Crippen LogP contribution in [0.25, 0.3) is 0 Å². The summed E-state index contributed by atoms with van der Waals surface area (Å²) >= 11 is 0.825. The van der Waals surface area contributed by atoms with E-state index in [2.05, 4.69) is 4.74 Å². The Morgan fingerprint density at radius 3 is 1.96 bits per heavy atom. The lowest BCUT2D eigenvalue weighted by molar-refractivity contribution is -0.143. The minimum absolute atomic E-state index is 0.0380. The monoisotopic (exact) mass is 389 g/mol. The van der Waals surface area contributed by atoms with Crippen LogP contribution < -0.4 is 5.32 Å². The molecule has 1 aromatic rings. The highest BCUT2D eigenvalue weighted by Gasteiger charge is 2.37. The Labute approximate surface area is 142 Å². The van der Waals surface area contributed by atoms with Gasteiger partial charge in [-0.25, -0.2) is 0 Å². The van der Waals surface area contributed by atoms with E-state index in [4.69, 9.17) is 0 Å². The van der Waals surface area contributed by atoms with Gasteiger partial charge >= 0.3 is 18.3 Å². The van der Waals surface area contributed by atoms with Crippen molar-refractivity contribution in [1.29, 1.82) is 0 Å². The fourth-order valence-corrected chi connectivity index (χ4v) is 2.36. The number of rotatable bonds is 5. The highest BCUT2D eigenvalue weighted by atomic mass is 32.2. The number of thioether (sulfide) groups is 1. The highest BCUT2D eigenvalue weighted by molar-refractivity contribution is 8.01. The molecule has 0 aliphatic rings. The lowest BCUT2D eigenvalue weighted by atomic mass is 10.1. The molecule has 4 nitrogen and oxygen atoms in total. The summed E-state index contributed by atoms with van der Waals surface area (Å²) in [5, 5.41) is 1.25. The second-order valence-electron chi connectivity index (χ2n) is 4.82. The van der Waals surface area contributed by atoms with Crippen LogP contribution in [0.5, 0.6) is 0 Å². The summed E-state index contributed by atoms with van der Waals surface area (Å²) in [6.45, 7) is 1.44. The molecule has 1 aromatic carbocycles. The summed E-state index contributed by atoms with van der Waals surface area (Å²) < 4.78 is 80.7. The average molecular weight is 389 g/mol. The summed E-state index contributed by atoms with van der Waals surface area (Å²) in [5.41, 5.74) is -3.71. The topological polar surface area (TPSA) is 55.4 Å². The third kappa shape index (κ3) is 6.48. The number of hydrogen-bond donors (Lipinski definition) is 1. The van der Waals surface area contributed by atoms with Gasteiger partial charge in [0.15, 0.2) is 0 Å². The zero-order valence-corrected chi connectivity index (χ0v) is 13.7. The van der Waals surface area contributed by atoms with E-state index < -0.39 is 46.3 Å². The Morgan fingerprint density at radius 1 is 1.08 bits per heavy atom. The van der Waals surface area contributed by atoms with Crippen molar-refractivity contribution in [3.63, 3.8) is 0 Å². The van der Waals surface area contributed by atoms with Crippen molar-refractivity contribution < 1.29 is 40.7 Å². The molecule has 1 atom stereocenters. The molecule has 1 amide bonds. The first-order valence-electron chi connectivity index (χ1n) is 6.63. The lowest BCUT2D eigenvalue weighted by Gasteiger charge is -2.15. The molecular weight excluding hydrogens is 376 g/mol. The summed E-state index contributed by atoms with van der Waals surface area (Å²) in [5.74, 6) is -1.82. The number of carbonyl (C=O) groups is 2. The van der Waals surface area contributed by atoms with Crippen LogP contribution >= 0.6 is 11.8 Å². The number of halogens is 6. The number of nitrogens with one attached hydrogen (secondary N) is 1. The van der Waals surface area contributed by atoms with Gasteiger partial charge in [0.2, 0.25) is 5.91 Å². The second kappa shape index (κ2) is 7.98. The van der Waals surface area contributed by atoms with Crippen LogP contribution in [0.15, 0.2) is 18.2 Å². The maximum Gasteiger partial charge on any atom is 0.416 e. The van der Waals surface area contributed by atoms with E-state index in [0.717, 1.165) is 18.9 Å². The van der Waals surface area contributed by atoms with Gasteiger partial charge in [0.05, 0.1) is 24.0 Å². The average Bonchev–Trinajstić information content (AvgIpc) is 2.49. The van der Waals surface area contributed by atoms with Crippen LogP contribution in [0.4, 0.5) is 32.0 Å². The van der Waals surface area contributed by atoms with E-state index in [1.54, 1.807) is 0 Å². The van der Waals surface area contributed by atoms with E-state index in [0.29, 0.717) is 12.1 Å². The molecular formula is C14H13F6NO3S. The zero-order valence-electron chi connectivity index (χ0n) is 12.9. The standard InChI is InChI=1S/C14H13F6NO3S/c1-7(12(23)24-2)25-6-11(22)21-10-4-8(13(15,16)17)3-9(5-10)14(18,19)20/h3-5,7H,6H2,1-2H3,(H,21,22). The van der Waals surface area contributed by atoms with Gasteiger partial charge in [-0.2, -0.15) is 26.3 Å². The molecule has 1 unspecified atom stereocenters. The van der Waals surface area contributed by atoms with Crippen molar-refractivity contribution in [2.75, 3.05) is 18.2 Å². The maximum absolute atomic E-state index is 12.7. The molecule has 0 saturated carbocycles. The molecule has 1 N–H and O–H groups in total. The summed E-state index contributed by atoms with van der Waals surface area (Å²) in [4.78, 5) is 22.9. The largest absolute Gasteiger partial charge is 0.468 e. The Bertz CT molecular complexity index is 612. The molecule has 11 heteroatoms. The third-order valence-corrected chi connectivity index (χ3v) is 3.99. The van der Waals surface area contributed by atoms with Gasteiger partial charge in [0, 0.05) is 5.69 Å². The Balaban J connectivity index is 2.94. The lowest BCUT2D eigenvalue weighted by Crippen LogP contribution is -2.21. The van der Waals surface area contributed by atoms with E-state index >= 15 is 0 Å². The minimum atomic E-state index is -5.01. The number of carbonyl (C=O) groups excluding carboxylic acids is 2. The Hall–Kier alpha value is -1.91. The smallest absolute Gasteiger partial charge is 0.416 e.